The molecule has 42 heavy (non-hydrogen) atoms. The molecule has 7 aromatic carbocycles. The van der Waals surface area contributed by atoms with Gasteiger partial charge >= 0.3 is 0 Å². The SMILES string of the molecule is c1ccc(-c2ccc(-c3ccc(Nc4cc5ccccc5c5c4sc4c(-c6ccccc6)cccc45)cc3)cc2)cc1. The first-order chi connectivity index (χ1) is 20.8. The van der Waals surface area contributed by atoms with Crippen LogP contribution in [0.2, 0.25) is 0 Å². The predicted molar refractivity (Wildman–Crippen MR) is 183 cm³/mol. The van der Waals surface area contributed by atoms with Gasteiger partial charge in [-0.05, 0) is 62.4 Å². The number of nitrogens with one attached hydrogen (secondary N) is 1. The maximum absolute atomic E-state index is 3.78. The summed E-state index contributed by atoms with van der Waals surface area (Å²) >= 11 is 1.88. The largest absolute Gasteiger partial charge is 0.354 e. The van der Waals surface area contributed by atoms with Gasteiger partial charge in [-0.1, -0.05) is 140 Å². The fraction of sp³-hybridized carbons (Fsp3) is 0. The smallest absolute Gasteiger partial charge is 0.0597 e. The highest BCUT2D eigenvalue weighted by Crippen LogP contribution is 2.46. The van der Waals surface area contributed by atoms with E-state index in [9.17, 15) is 0 Å². The number of thiophene rings is 1. The van der Waals surface area contributed by atoms with E-state index in [0.717, 1.165) is 11.4 Å². The van der Waals surface area contributed by atoms with E-state index < -0.39 is 0 Å². The van der Waals surface area contributed by atoms with Gasteiger partial charge in [0.05, 0.1) is 10.4 Å². The Morgan fingerprint density at radius 2 is 0.952 bits per heavy atom. The van der Waals surface area contributed by atoms with Crippen LogP contribution in [-0.2, 0) is 0 Å². The van der Waals surface area contributed by atoms with Gasteiger partial charge in [0.15, 0.2) is 0 Å². The van der Waals surface area contributed by atoms with Crippen molar-refractivity contribution in [2.75, 3.05) is 5.32 Å². The van der Waals surface area contributed by atoms with Crippen molar-refractivity contribution in [1.82, 2.24) is 0 Å². The molecule has 0 aliphatic rings. The summed E-state index contributed by atoms with van der Waals surface area (Å²) in [6.45, 7) is 0. The fourth-order valence-corrected chi connectivity index (χ4v) is 7.29. The molecule has 198 valence electrons. The van der Waals surface area contributed by atoms with E-state index in [2.05, 4.69) is 163 Å². The molecule has 0 bridgehead atoms. The van der Waals surface area contributed by atoms with Crippen molar-refractivity contribution in [2.45, 2.75) is 0 Å². The van der Waals surface area contributed by atoms with Gasteiger partial charge in [0.25, 0.3) is 0 Å². The Morgan fingerprint density at radius 1 is 0.405 bits per heavy atom. The van der Waals surface area contributed by atoms with Crippen LogP contribution >= 0.6 is 11.3 Å². The topological polar surface area (TPSA) is 12.0 Å². The molecule has 0 aliphatic heterocycles. The number of fused-ring (bicyclic) bond motifs is 5. The third-order valence-electron chi connectivity index (χ3n) is 8.06. The Morgan fingerprint density at radius 3 is 1.64 bits per heavy atom. The average molecular weight is 554 g/mol. The third kappa shape index (κ3) is 4.34. The molecular weight excluding hydrogens is 527 g/mol. The third-order valence-corrected chi connectivity index (χ3v) is 9.34. The summed E-state index contributed by atoms with van der Waals surface area (Å²) < 4.78 is 2.61. The lowest BCUT2D eigenvalue weighted by Crippen LogP contribution is -1.91. The molecule has 0 saturated heterocycles. The lowest BCUT2D eigenvalue weighted by atomic mass is 9.99. The predicted octanol–water partition coefficient (Wildman–Crippen LogP) is 12.0. The average Bonchev–Trinajstić information content (AvgIpc) is 3.47. The van der Waals surface area contributed by atoms with Gasteiger partial charge in [-0.2, -0.15) is 0 Å². The number of rotatable bonds is 5. The Balaban J connectivity index is 1.18. The van der Waals surface area contributed by atoms with Gasteiger partial charge in [0, 0.05) is 21.2 Å². The summed E-state index contributed by atoms with van der Waals surface area (Å²) in [5, 5.41) is 8.95. The van der Waals surface area contributed by atoms with Crippen LogP contribution in [-0.4, -0.2) is 0 Å². The molecule has 1 heterocycles. The fourth-order valence-electron chi connectivity index (χ4n) is 5.97. The van der Waals surface area contributed by atoms with Gasteiger partial charge in [-0.15, -0.1) is 11.3 Å². The zero-order chi connectivity index (χ0) is 27.9. The summed E-state index contributed by atoms with van der Waals surface area (Å²) in [5.74, 6) is 0. The molecule has 0 spiro atoms. The van der Waals surface area contributed by atoms with Crippen molar-refractivity contribution in [3.8, 4) is 33.4 Å². The van der Waals surface area contributed by atoms with Gasteiger partial charge in [0.2, 0.25) is 0 Å². The molecule has 0 radical (unpaired) electrons. The highest BCUT2D eigenvalue weighted by molar-refractivity contribution is 7.27. The molecule has 0 saturated carbocycles. The van der Waals surface area contributed by atoms with E-state index >= 15 is 0 Å². The molecule has 2 heteroatoms. The molecule has 0 aliphatic carbocycles. The van der Waals surface area contributed by atoms with Crippen molar-refractivity contribution >= 4 is 53.7 Å². The second kappa shape index (κ2) is 10.3. The standard InChI is InChI=1S/C40H27NS/c1-3-10-27(11-4-1)28-18-20-29(21-19-28)30-22-24-33(25-23-30)41-37-26-32-14-7-8-15-34(32)38-36-17-9-16-35(39(36)42-40(37)38)31-12-5-2-6-13-31/h1-26,41H. The Kier molecular flexibility index (Phi) is 6.05. The molecule has 0 unspecified atom stereocenters. The monoisotopic (exact) mass is 553 g/mol. The van der Waals surface area contributed by atoms with Crippen LogP contribution in [0.1, 0.15) is 0 Å². The molecule has 0 amide bonds. The van der Waals surface area contributed by atoms with Gasteiger partial charge in [0.1, 0.15) is 0 Å². The van der Waals surface area contributed by atoms with Crippen LogP contribution in [0.3, 0.4) is 0 Å². The molecule has 0 atom stereocenters. The lowest BCUT2D eigenvalue weighted by Gasteiger charge is -2.11. The van der Waals surface area contributed by atoms with Gasteiger partial charge in [-0.3, -0.25) is 0 Å². The molecule has 8 rings (SSSR count). The summed E-state index contributed by atoms with van der Waals surface area (Å²) in [5.41, 5.74) is 9.65. The van der Waals surface area contributed by atoms with Crippen LogP contribution in [0, 0.1) is 0 Å². The second-order valence-electron chi connectivity index (χ2n) is 10.6. The summed E-state index contributed by atoms with van der Waals surface area (Å²) in [6.07, 6.45) is 0. The van der Waals surface area contributed by atoms with E-state index in [1.54, 1.807) is 0 Å². The molecule has 1 N–H and O–H groups in total. The minimum absolute atomic E-state index is 1.08. The van der Waals surface area contributed by atoms with Crippen molar-refractivity contribution in [1.29, 1.82) is 0 Å². The van der Waals surface area contributed by atoms with E-state index in [0.29, 0.717) is 0 Å². The number of benzene rings is 7. The second-order valence-corrected chi connectivity index (χ2v) is 11.7. The Hall–Kier alpha value is -5.18. The Labute approximate surface area is 249 Å². The number of hydrogen-bond acceptors (Lipinski definition) is 2. The minimum Gasteiger partial charge on any atom is -0.354 e. The van der Waals surface area contributed by atoms with E-state index in [1.165, 1.54) is 64.3 Å². The molecular formula is C40H27NS. The quantitative estimate of drug-likeness (QED) is 0.223. The van der Waals surface area contributed by atoms with Crippen LogP contribution in [0.4, 0.5) is 11.4 Å². The first-order valence-corrected chi connectivity index (χ1v) is 15.1. The van der Waals surface area contributed by atoms with Crippen molar-refractivity contribution in [2.24, 2.45) is 0 Å². The van der Waals surface area contributed by atoms with Crippen LogP contribution < -0.4 is 5.32 Å². The molecule has 1 nitrogen and oxygen atoms in total. The highest BCUT2D eigenvalue weighted by Gasteiger charge is 2.16. The minimum atomic E-state index is 1.08. The zero-order valence-electron chi connectivity index (χ0n) is 22.9. The van der Waals surface area contributed by atoms with Crippen molar-refractivity contribution in [3.05, 3.63) is 158 Å². The first kappa shape index (κ1) is 24.6. The summed E-state index contributed by atoms with van der Waals surface area (Å²) in [7, 11) is 0. The van der Waals surface area contributed by atoms with E-state index in [-0.39, 0.29) is 0 Å². The normalized spacial score (nSPS) is 11.3. The Bertz CT molecular complexity index is 2180. The summed E-state index contributed by atoms with van der Waals surface area (Å²) in [4.78, 5) is 0. The first-order valence-electron chi connectivity index (χ1n) is 14.3. The number of anilines is 2. The highest BCUT2D eigenvalue weighted by atomic mass is 32.1. The van der Waals surface area contributed by atoms with Gasteiger partial charge in [-0.25, -0.2) is 0 Å². The summed E-state index contributed by atoms with van der Waals surface area (Å²) in [6, 6.07) is 56.6. The molecule has 1 aromatic heterocycles. The maximum atomic E-state index is 3.78. The maximum Gasteiger partial charge on any atom is 0.0597 e. The number of hydrogen-bond donors (Lipinski definition) is 1. The zero-order valence-corrected chi connectivity index (χ0v) is 23.7. The van der Waals surface area contributed by atoms with Crippen molar-refractivity contribution < 1.29 is 0 Å². The lowest BCUT2D eigenvalue weighted by molar-refractivity contribution is 1.56. The van der Waals surface area contributed by atoms with Crippen molar-refractivity contribution in [3.63, 3.8) is 0 Å². The van der Waals surface area contributed by atoms with Crippen LogP contribution in [0.15, 0.2) is 158 Å². The van der Waals surface area contributed by atoms with Gasteiger partial charge < -0.3 is 5.32 Å². The van der Waals surface area contributed by atoms with Crippen LogP contribution in [0.25, 0.3) is 64.3 Å². The van der Waals surface area contributed by atoms with E-state index in [4.69, 9.17) is 0 Å². The van der Waals surface area contributed by atoms with Crippen LogP contribution in [0.5, 0.6) is 0 Å². The van der Waals surface area contributed by atoms with E-state index in [1.807, 2.05) is 11.3 Å². The molecule has 0 fully saturated rings. The molecule has 8 aromatic rings.